The largest absolute Gasteiger partial charge is 0.398 e. The van der Waals surface area contributed by atoms with Gasteiger partial charge in [0, 0.05) is 21.8 Å². The number of benzene rings is 2. The summed E-state index contributed by atoms with van der Waals surface area (Å²) in [6.07, 6.45) is 0. The van der Waals surface area contributed by atoms with Crippen LogP contribution in [-0.4, -0.2) is 10.1 Å². The van der Waals surface area contributed by atoms with Gasteiger partial charge in [0.1, 0.15) is 0 Å². The number of nitrogens with two attached hydrogens (primary N) is 1. The summed E-state index contributed by atoms with van der Waals surface area (Å²) in [5.74, 6) is 0.915. The zero-order valence-corrected chi connectivity index (χ0v) is 10.6. The van der Waals surface area contributed by atoms with Gasteiger partial charge in [0.2, 0.25) is 5.82 Å². The van der Waals surface area contributed by atoms with Gasteiger partial charge in [-0.1, -0.05) is 28.9 Å². The lowest BCUT2D eigenvalue weighted by molar-refractivity contribution is 0.432. The maximum absolute atomic E-state index is 5.88. The summed E-state index contributed by atoms with van der Waals surface area (Å²) in [6, 6.07) is 14.6. The van der Waals surface area contributed by atoms with E-state index in [4.69, 9.17) is 21.9 Å². The van der Waals surface area contributed by atoms with Crippen LogP contribution in [0.5, 0.6) is 0 Å². The van der Waals surface area contributed by atoms with Gasteiger partial charge >= 0.3 is 0 Å². The molecule has 0 amide bonds. The number of halogens is 1. The second-order valence-electron chi connectivity index (χ2n) is 4.02. The summed E-state index contributed by atoms with van der Waals surface area (Å²) in [7, 11) is 0. The van der Waals surface area contributed by atoms with Crippen LogP contribution in [0.4, 0.5) is 5.69 Å². The highest BCUT2D eigenvalue weighted by Gasteiger charge is 2.12. The van der Waals surface area contributed by atoms with Crippen molar-refractivity contribution in [1.82, 2.24) is 10.1 Å². The lowest BCUT2D eigenvalue weighted by Crippen LogP contribution is -1.90. The molecule has 0 fully saturated rings. The molecule has 0 unspecified atom stereocenters. The van der Waals surface area contributed by atoms with Crippen LogP contribution in [0.2, 0.25) is 5.02 Å². The molecule has 0 radical (unpaired) electrons. The number of hydrogen-bond donors (Lipinski definition) is 1. The van der Waals surface area contributed by atoms with Crippen molar-refractivity contribution in [1.29, 1.82) is 0 Å². The highest BCUT2D eigenvalue weighted by Crippen LogP contribution is 2.26. The number of rotatable bonds is 2. The first-order valence-corrected chi connectivity index (χ1v) is 6.06. The summed E-state index contributed by atoms with van der Waals surface area (Å²) >= 11 is 5.84. The van der Waals surface area contributed by atoms with Crippen LogP contribution in [0.25, 0.3) is 22.8 Å². The average Bonchev–Trinajstić information content (AvgIpc) is 2.89. The molecule has 4 nitrogen and oxygen atoms in total. The van der Waals surface area contributed by atoms with E-state index in [-0.39, 0.29) is 0 Å². The molecule has 5 heteroatoms. The van der Waals surface area contributed by atoms with E-state index in [9.17, 15) is 0 Å². The Labute approximate surface area is 114 Å². The van der Waals surface area contributed by atoms with Gasteiger partial charge in [0.05, 0.1) is 0 Å². The number of nitrogens with zero attached hydrogens (tertiary/aromatic N) is 2. The third-order valence-electron chi connectivity index (χ3n) is 2.72. The van der Waals surface area contributed by atoms with E-state index in [1.54, 1.807) is 18.2 Å². The summed E-state index contributed by atoms with van der Waals surface area (Å²) in [6.45, 7) is 0. The Bertz CT molecular complexity index is 707. The van der Waals surface area contributed by atoms with E-state index < -0.39 is 0 Å². The molecular weight excluding hydrogens is 262 g/mol. The van der Waals surface area contributed by atoms with Crippen LogP contribution < -0.4 is 5.73 Å². The highest BCUT2D eigenvalue weighted by molar-refractivity contribution is 6.30. The van der Waals surface area contributed by atoms with Gasteiger partial charge in [-0.2, -0.15) is 4.98 Å². The number of hydrogen-bond acceptors (Lipinski definition) is 4. The quantitative estimate of drug-likeness (QED) is 0.723. The molecule has 94 valence electrons. The third-order valence-corrected chi connectivity index (χ3v) is 2.97. The topological polar surface area (TPSA) is 64.9 Å². The number of anilines is 1. The van der Waals surface area contributed by atoms with Crippen molar-refractivity contribution in [3.8, 4) is 22.8 Å². The van der Waals surface area contributed by atoms with Crippen molar-refractivity contribution >= 4 is 17.3 Å². The predicted molar refractivity (Wildman–Crippen MR) is 74.6 cm³/mol. The smallest absolute Gasteiger partial charge is 0.258 e. The molecular formula is C14H10ClN3O. The van der Waals surface area contributed by atoms with Crippen LogP contribution in [0.1, 0.15) is 0 Å². The van der Waals surface area contributed by atoms with Crippen LogP contribution in [-0.2, 0) is 0 Å². The van der Waals surface area contributed by atoms with E-state index in [1.807, 2.05) is 30.3 Å². The predicted octanol–water partition coefficient (Wildman–Crippen LogP) is 3.64. The maximum atomic E-state index is 5.88. The standard InChI is InChI=1S/C14H10ClN3O/c15-10-7-5-9(6-8-10)14-17-13(18-19-14)11-3-1-2-4-12(11)16/h1-8H,16H2. The van der Waals surface area contributed by atoms with Gasteiger partial charge in [0.25, 0.3) is 5.89 Å². The molecule has 0 spiro atoms. The Morgan fingerprint density at radius 3 is 2.47 bits per heavy atom. The minimum atomic E-state index is 0.440. The van der Waals surface area contributed by atoms with E-state index in [2.05, 4.69) is 10.1 Å². The van der Waals surface area contributed by atoms with Crippen molar-refractivity contribution in [2.24, 2.45) is 0 Å². The normalized spacial score (nSPS) is 10.6. The summed E-state index contributed by atoms with van der Waals surface area (Å²) in [5, 5.41) is 4.61. The van der Waals surface area contributed by atoms with Gasteiger partial charge in [-0.05, 0) is 36.4 Å². The zero-order valence-electron chi connectivity index (χ0n) is 9.88. The fraction of sp³-hybridized carbons (Fsp3) is 0. The lowest BCUT2D eigenvalue weighted by Gasteiger charge is -1.98. The fourth-order valence-corrected chi connectivity index (χ4v) is 1.87. The van der Waals surface area contributed by atoms with Gasteiger partial charge in [-0.3, -0.25) is 0 Å². The van der Waals surface area contributed by atoms with Crippen molar-refractivity contribution in [3.05, 3.63) is 53.6 Å². The molecule has 19 heavy (non-hydrogen) atoms. The average molecular weight is 272 g/mol. The van der Waals surface area contributed by atoms with Crippen molar-refractivity contribution in [3.63, 3.8) is 0 Å². The minimum Gasteiger partial charge on any atom is -0.398 e. The first-order chi connectivity index (χ1) is 9.24. The van der Waals surface area contributed by atoms with Gasteiger partial charge in [0.15, 0.2) is 0 Å². The minimum absolute atomic E-state index is 0.440. The first-order valence-electron chi connectivity index (χ1n) is 5.68. The molecule has 0 saturated carbocycles. The van der Waals surface area contributed by atoms with Crippen LogP contribution >= 0.6 is 11.6 Å². The van der Waals surface area contributed by atoms with Gasteiger partial charge in [-0.25, -0.2) is 0 Å². The zero-order chi connectivity index (χ0) is 13.2. The van der Waals surface area contributed by atoms with E-state index >= 15 is 0 Å². The maximum Gasteiger partial charge on any atom is 0.258 e. The van der Waals surface area contributed by atoms with E-state index in [1.165, 1.54) is 0 Å². The molecule has 0 aliphatic heterocycles. The molecule has 0 aliphatic rings. The van der Waals surface area contributed by atoms with E-state index in [0.29, 0.717) is 22.4 Å². The molecule has 3 rings (SSSR count). The Morgan fingerprint density at radius 2 is 1.74 bits per heavy atom. The molecule has 0 bridgehead atoms. The molecule has 3 aromatic rings. The summed E-state index contributed by atoms with van der Waals surface area (Å²) in [4.78, 5) is 4.34. The van der Waals surface area contributed by atoms with Crippen molar-refractivity contribution in [2.45, 2.75) is 0 Å². The van der Waals surface area contributed by atoms with Crippen LogP contribution in [0, 0.1) is 0 Å². The van der Waals surface area contributed by atoms with Crippen LogP contribution in [0.15, 0.2) is 53.1 Å². The molecule has 0 aliphatic carbocycles. The van der Waals surface area contributed by atoms with Crippen LogP contribution in [0.3, 0.4) is 0 Å². The highest BCUT2D eigenvalue weighted by atomic mass is 35.5. The van der Waals surface area contributed by atoms with Gasteiger partial charge < -0.3 is 10.3 Å². The Morgan fingerprint density at radius 1 is 1.00 bits per heavy atom. The second kappa shape index (κ2) is 4.74. The summed E-state index contributed by atoms with van der Waals surface area (Å²) in [5.41, 5.74) is 8.07. The SMILES string of the molecule is Nc1ccccc1-c1noc(-c2ccc(Cl)cc2)n1. The molecule has 0 atom stereocenters. The lowest BCUT2D eigenvalue weighted by atomic mass is 10.2. The van der Waals surface area contributed by atoms with Gasteiger partial charge in [-0.15, -0.1) is 0 Å². The van der Waals surface area contributed by atoms with Crippen molar-refractivity contribution < 1.29 is 4.52 Å². The Kier molecular flexibility index (Phi) is 2.93. The first kappa shape index (κ1) is 11.7. The number of aromatic nitrogens is 2. The monoisotopic (exact) mass is 271 g/mol. The molecule has 2 aromatic carbocycles. The molecule has 1 heterocycles. The van der Waals surface area contributed by atoms with Crippen molar-refractivity contribution in [2.75, 3.05) is 5.73 Å². The Hall–Kier alpha value is -2.33. The Balaban J connectivity index is 2.00. The number of nitrogen functional groups attached to an aromatic ring is 1. The third kappa shape index (κ3) is 2.30. The second-order valence-corrected chi connectivity index (χ2v) is 4.45. The fourth-order valence-electron chi connectivity index (χ4n) is 1.74. The molecule has 1 aromatic heterocycles. The van der Waals surface area contributed by atoms with E-state index in [0.717, 1.165) is 11.1 Å². The molecule has 0 saturated heterocycles. The molecule has 2 N–H and O–H groups in total. The number of para-hydroxylation sites is 1. The summed E-state index contributed by atoms with van der Waals surface area (Å²) < 4.78 is 5.24.